The van der Waals surface area contributed by atoms with Gasteiger partial charge in [-0.3, -0.25) is 9.78 Å². The molecule has 1 saturated carbocycles. The lowest BCUT2D eigenvalue weighted by Crippen LogP contribution is -2.54. The van der Waals surface area contributed by atoms with Crippen molar-refractivity contribution < 1.29 is 9.90 Å². The normalized spacial score (nSPS) is 18.6. The van der Waals surface area contributed by atoms with Gasteiger partial charge in [0.2, 0.25) is 0 Å². The summed E-state index contributed by atoms with van der Waals surface area (Å²) >= 11 is 1.57. The van der Waals surface area contributed by atoms with Crippen molar-refractivity contribution in [2.75, 3.05) is 12.8 Å². The highest BCUT2D eigenvalue weighted by Gasteiger charge is 2.50. The quantitative estimate of drug-likeness (QED) is 0.753. The van der Waals surface area contributed by atoms with Crippen LogP contribution in [0.25, 0.3) is 0 Å². The molecule has 92 valence electrons. The highest BCUT2D eigenvalue weighted by molar-refractivity contribution is 7.99. The fourth-order valence-electron chi connectivity index (χ4n) is 1.95. The van der Waals surface area contributed by atoms with Crippen LogP contribution >= 0.6 is 11.8 Å². The third kappa shape index (κ3) is 2.61. The minimum absolute atomic E-state index is 0.263. The van der Waals surface area contributed by atoms with Crippen LogP contribution in [-0.2, 0) is 4.79 Å². The number of carboxylic acid groups (broad SMARTS) is 1. The largest absolute Gasteiger partial charge is 0.480 e. The summed E-state index contributed by atoms with van der Waals surface area (Å²) in [7, 11) is 1.74. The lowest BCUT2D eigenvalue weighted by atomic mass is 9.96. The van der Waals surface area contributed by atoms with E-state index in [2.05, 4.69) is 10.3 Å². The number of aliphatic carboxylic acids is 1. The molecular formula is C12H16N2O2S. The van der Waals surface area contributed by atoms with E-state index < -0.39 is 11.5 Å². The van der Waals surface area contributed by atoms with Crippen LogP contribution < -0.4 is 5.32 Å². The van der Waals surface area contributed by atoms with Crippen LogP contribution in [0.3, 0.4) is 0 Å². The van der Waals surface area contributed by atoms with E-state index in [9.17, 15) is 9.90 Å². The molecule has 1 aliphatic rings. The van der Waals surface area contributed by atoms with E-state index in [4.69, 9.17) is 0 Å². The summed E-state index contributed by atoms with van der Waals surface area (Å²) in [6.07, 6.45) is 5.46. The number of aromatic nitrogens is 1. The van der Waals surface area contributed by atoms with E-state index in [0.717, 1.165) is 17.7 Å². The molecule has 0 bridgehead atoms. The minimum Gasteiger partial charge on any atom is -0.480 e. The number of pyridine rings is 1. The van der Waals surface area contributed by atoms with Gasteiger partial charge in [-0.15, -0.1) is 11.8 Å². The molecule has 0 radical (unpaired) electrons. The molecule has 0 aromatic carbocycles. The van der Waals surface area contributed by atoms with Gasteiger partial charge in [-0.05, 0) is 37.9 Å². The maximum atomic E-state index is 11.5. The van der Waals surface area contributed by atoms with Crippen LogP contribution in [0.2, 0.25) is 0 Å². The number of thioether (sulfide) groups is 1. The first-order valence-corrected chi connectivity index (χ1v) is 6.63. The summed E-state index contributed by atoms with van der Waals surface area (Å²) < 4.78 is 0. The summed E-state index contributed by atoms with van der Waals surface area (Å²) in [5.41, 5.74) is -0.784. The summed E-state index contributed by atoms with van der Waals surface area (Å²) in [6.45, 7) is 0. The summed E-state index contributed by atoms with van der Waals surface area (Å²) in [6, 6.07) is 3.81. The van der Waals surface area contributed by atoms with Crippen molar-refractivity contribution in [3.05, 3.63) is 24.5 Å². The molecule has 0 saturated heterocycles. The molecular weight excluding hydrogens is 236 g/mol. The molecule has 2 rings (SSSR count). The van der Waals surface area contributed by atoms with Crippen LogP contribution in [0.4, 0.5) is 0 Å². The van der Waals surface area contributed by atoms with Crippen molar-refractivity contribution in [3.63, 3.8) is 0 Å². The van der Waals surface area contributed by atoms with E-state index in [1.807, 2.05) is 12.1 Å². The molecule has 5 heteroatoms. The summed E-state index contributed by atoms with van der Waals surface area (Å²) in [5.74, 6) is 0.0662. The Morgan fingerprint density at radius 2 is 2.24 bits per heavy atom. The number of hydrogen-bond acceptors (Lipinski definition) is 4. The summed E-state index contributed by atoms with van der Waals surface area (Å²) in [4.78, 5) is 16.5. The van der Waals surface area contributed by atoms with Gasteiger partial charge in [0.1, 0.15) is 5.54 Å². The predicted octanol–water partition coefficient (Wildman–Crippen LogP) is 1.63. The molecule has 1 atom stereocenters. The number of nitrogens with one attached hydrogen (secondary N) is 1. The molecule has 1 fully saturated rings. The van der Waals surface area contributed by atoms with Gasteiger partial charge in [0, 0.05) is 23.0 Å². The maximum Gasteiger partial charge on any atom is 0.325 e. The number of nitrogens with zero attached hydrogens (tertiary/aromatic N) is 1. The molecule has 17 heavy (non-hydrogen) atoms. The van der Waals surface area contributed by atoms with Crippen molar-refractivity contribution >= 4 is 17.7 Å². The lowest BCUT2D eigenvalue weighted by Gasteiger charge is -2.28. The van der Waals surface area contributed by atoms with Gasteiger partial charge in [-0.1, -0.05) is 0 Å². The van der Waals surface area contributed by atoms with Gasteiger partial charge >= 0.3 is 5.97 Å². The first kappa shape index (κ1) is 12.4. The Balaban J connectivity index is 2.06. The molecule has 0 amide bonds. The van der Waals surface area contributed by atoms with Crippen LogP contribution in [0.5, 0.6) is 0 Å². The van der Waals surface area contributed by atoms with Crippen molar-refractivity contribution in [1.29, 1.82) is 0 Å². The van der Waals surface area contributed by atoms with Gasteiger partial charge in [0.15, 0.2) is 0 Å². The second kappa shape index (κ2) is 5.06. The van der Waals surface area contributed by atoms with Crippen LogP contribution in [0.15, 0.2) is 29.4 Å². The highest BCUT2D eigenvalue weighted by atomic mass is 32.2. The Kier molecular flexibility index (Phi) is 3.69. The molecule has 1 unspecified atom stereocenters. The second-order valence-electron chi connectivity index (χ2n) is 4.27. The fourth-order valence-corrected chi connectivity index (χ4v) is 3.16. The molecule has 4 nitrogen and oxygen atoms in total. The fraction of sp³-hybridized carbons (Fsp3) is 0.500. The smallest absolute Gasteiger partial charge is 0.325 e. The predicted molar refractivity (Wildman–Crippen MR) is 67.1 cm³/mol. The Labute approximate surface area is 105 Å². The van der Waals surface area contributed by atoms with Crippen molar-refractivity contribution in [1.82, 2.24) is 10.3 Å². The number of likely N-dealkylation sites (N-methyl/N-ethyl adjacent to an activating group) is 1. The molecule has 2 N–H and O–H groups in total. The molecule has 1 aromatic rings. The Bertz CT molecular complexity index is 395. The van der Waals surface area contributed by atoms with Gasteiger partial charge in [0.25, 0.3) is 0 Å². The number of carboxylic acids is 1. The first-order chi connectivity index (χ1) is 8.19. The van der Waals surface area contributed by atoms with Crippen molar-refractivity contribution in [2.24, 2.45) is 5.92 Å². The van der Waals surface area contributed by atoms with Gasteiger partial charge < -0.3 is 10.4 Å². The zero-order valence-corrected chi connectivity index (χ0v) is 10.5. The molecule has 0 spiro atoms. The molecule has 1 aliphatic carbocycles. The van der Waals surface area contributed by atoms with Gasteiger partial charge in [0.05, 0.1) is 0 Å². The van der Waals surface area contributed by atoms with Crippen molar-refractivity contribution in [3.8, 4) is 0 Å². The third-order valence-electron chi connectivity index (χ3n) is 3.22. The summed E-state index contributed by atoms with van der Waals surface area (Å²) in [5, 5.41) is 12.4. The van der Waals surface area contributed by atoms with E-state index in [0.29, 0.717) is 5.75 Å². The first-order valence-electron chi connectivity index (χ1n) is 5.64. The number of hydrogen-bond donors (Lipinski definition) is 2. The Morgan fingerprint density at radius 3 is 2.71 bits per heavy atom. The van der Waals surface area contributed by atoms with E-state index in [-0.39, 0.29) is 5.92 Å². The topological polar surface area (TPSA) is 62.2 Å². The molecule has 0 aliphatic heterocycles. The second-order valence-corrected chi connectivity index (χ2v) is 5.32. The zero-order chi connectivity index (χ0) is 12.3. The standard InChI is InChI=1S/C12H16N2O2S/c1-13-12(11(15)16,9-2-3-9)8-17-10-4-6-14-7-5-10/h4-7,9,13H,2-3,8H2,1H3,(H,15,16). The highest BCUT2D eigenvalue weighted by Crippen LogP contribution is 2.42. The average Bonchev–Trinajstić information content (AvgIpc) is 3.16. The van der Waals surface area contributed by atoms with Crippen LogP contribution in [-0.4, -0.2) is 34.4 Å². The van der Waals surface area contributed by atoms with E-state index >= 15 is 0 Å². The van der Waals surface area contributed by atoms with E-state index in [1.54, 1.807) is 31.2 Å². The average molecular weight is 252 g/mol. The van der Waals surface area contributed by atoms with Crippen LogP contribution in [0, 0.1) is 5.92 Å². The minimum atomic E-state index is -0.784. The van der Waals surface area contributed by atoms with Gasteiger partial charge in [-0.25, -0.2) is 0 Å². The van der Waals surface area contributed by atoms with Gasteiger partial charge in [-0.2, -0.15) is 0 Å². The Hall–Kier alpha value is -1.07. The maximum absolute atomic E-state index is 11.5. The number of carbonyl (C=O) groups is 1. The van der Waals surface area contributed by atoms with Crippen molar-refractivity contribution in [2.45, 2.75) is 23.3 Å². The molecule has 1 heterocycles. The molecule has 1 aromatic heterocycles. The van der Waals surface area contributed by atoms with Crippen LogP contribution in [0.1, 0.15) is 12.8 Å². The Morgan fingerprint density at radius 1 is 1.59 bits per heavy atom. The SMILES string of the molecule is CNC(CSc1ccncc1)(C(=O)O)C1CC1. The lowest BCUT2D eigenvalue weighted by molar-refractivity contribution is -0.144. The van der Waals surface area contributed by atoms with E-state index in [1.165, 1.54) is 0 Å². The number of rotatable bonds is 6. The third-order valence-corrected chi connectivity index (χ3v) is 4.42. The zero-order valence-electron chi connectivity index (χ0n) is 9.72. The monoisotopic (exact) mass is 252 g/mol.